The zero-order valence-electron chi connectivity index (χ0n) is 11.2. The van der Waals surface area contributed by atoms with Gasteiger partial charge in [0, 0.05) is 0 Å². The van der Waals surface area contributed by atoms with Crippen LogP contribution in [0.15, 0.2) is 53.3 Å². The van der Waals surface area contributed by atoms with E-state index in [1.807, 2.05) is 18.2 Å². The number of fused-ring (bicyclic) bond motifs is 1. The molecule has 0 spiro atoms. The van der Waals surface area contributed by atoms with Gasteiger partial charge in [0.2, 0.25) is 0 Å². The zero-order valence-corrected chi connectivity index (χ0v) is 12.0. The Hall–Kier alpha value is -2.13. The van der Waals surface area contributed by atoms with Gasteiger partial charge >= 0.3 is 4.87 Å². The van der Waals surface area contributed by atoms with Crippen molar-refractivity contribution in [3.05, 3.63) is 69.3 Å². The number of hydrogen-bond acceptors (Lipinski definition) is 2. The van der Waals surface area contributed by atoms with Crippen molar-refractivity contribution in [1.29, 1.82) is 0 Å². The highest BCUT2D eigenvalue weighted by Gasteiger charge is 2.02. The Balaban J connectivity index is 2.05. The molecule has 1 N–H and O–H groups in total. The second kappa shape index (κ2) is 5.47. The van der Waals surface area contributed by atoms with E-state index in [2.05, 4.69) is 48.3 Å². The zero-order chi connectivity index (χ0) is 13.9. The molecule has 0 aliphatic heterocycles. The Kier molecular flexibility index (Phi) is 3.52. The summed E-state index contributed by atoms with van der Waals surface area (Å²) < 4.78 is 1.01. The summed E-state index contributed by atoms with van der Waals surface area (Å²) in [6, 6.07) is 16.5. The summed E-state index contributed by atoms with van der Waals surface area (Å²) in [5.74, 6) is 0. The number of H-pyrrole nitrogens is 1. The Labute approximate surface area is 121 Å². The number of aromatic amines is 1. The van der Waals surface area contributed by atoms with Crippen LogP contribution in [0.4, 0.5) is 0 Å². The number of hydrogen-bond donors (Lipinski definition) is 1. The summed E-state index contributed by atoms with van der Waals surface area (Å²) >= 11 is 1.26. The highest BCUT2D eigenvalue weighted by molar-refractivity contribution is 7.16. The predicted molar refractivity (Wildman–Crippen MR) is 87.0 cm³/mol. The van der Waals surface area contributed by atoms with Gasteiger partial charge in [-0.2, -0.15) is 0 Å². The van der Waals surface area contributed by atoms with Crippen LogP contribution in [0, 0.1) is 0 Å². The highest BCUT2D eigenvalue weighted by Crippen LogP contribution is 2.23. The fourth-order valence-corrected chi connectivity index (χ4v) is 3.08. The molecule has 3 aromatic rings. The van der Waals surface area contributed by atoms with Crippen LogP contribution >= 0.6 is 11.3 Å². The van der Waals surface area contributed by atoms with Gasteiger partial charge in [-0.1, -0.05) is 60.7 Å². The van der Waals surface area contributed by atoms with Crippen molar-refractivity contribution in [2.75, 3.05) is 0 Å². The molecule has 0 saturated carbocycles. The highest BCUT2D eigenvalue weighted by atomic mass is 32.1. The molecule has 2 aromatic carbocycles. The molecular weight excluding hydrogens is 266 g/mol. The van der Waals surface area contributed by atoms with Crippen LogP contribution in [0.2, 0.25) is 0 Å². The van der Waals surface area contributed by atoms with Gasteiger partial charge in [-0.15, -0.1) is 0 Å². The van der Waals surface area contributed by atoms with Crippen molar-refractivity contribution in [3.63, 3.8) is 0 Å². The topological polar surface area (TPSA) is 32.9 Å². The molecule has 0 radical (unpaired) electrons. The lowest BCUT2D eigenvalue weighted by molar-refractivity contribution is 1.25. The monoisotopic (exact) mass is 281 g/mol. The number of nitrogens with one attached hydrogen (secondary N) is 1. The van der Waals surface area contributed by atoms with Gasteiger partial charge < -0.3 is 4.98 Å². The van der Waals surface area contributed by atoms with Crippen LogP contribution < -0.4 is 4.87 Å². The summed E-state index contributed by atoms with van der Waals surface area (Å²) in [5, 5.41) is 0. The van der Waals surface area contributed by atoms with E-state index in [1.165, 1.54) is 22.5 Å². The molecule has 2 nitrogen and oxygen atoms in total. The van der Waals surface area contributed by atoms with E-state index in [9.17, 15) is 4.79 Å². The maximum atomic E-state index is 11.3. The van der Waals surface area contributed by atoms with Crippen LogP contribution in [0.25, 0.3) is 21.9 Å². The normalized spacial score (nSPS) is 11.9. The maximum Gasteiger partial charge on any atom is 0.305 e. The molecule has 0 saturated heterocycles. The molecular formula is C17H15NOS. The minimum atomic E-state index is -0.0000889. The molecule has 0 aliphatic carbocycles. The molecule has 0 amide bonds. The van der Waals surface area contributed by atoms with Crippen molar-refractivity contribution in [2.45, 2.75) is 13.3 Å². The van der Waals surface area contributed by atoms with Crippen molar-refractivity contribution < 1.29 is 0 Å². The number of thiazole rings is 1. The second-order valence-corrected chi connectivity index (χ2v) is 5.67. The van der Waals surface area contributed by atoms with E-state index in [0.717, 1.165) is 22.2 Å². The van der Waals surface area contributed by atoms with E-state index < -0.39 is 0 Å². The van der Waals surface area contributed by atoms with Crippen LogP contribution in [0.5, 0.6) is 0 Å². The summed E-state index contributed by atoms with van der Waals surface area (Å²) in [7, 11) is 0. The number of allylic oxidation sites excluding steroid dienone is 1. The van der Waals surface area contributed by atoms with E-state index in [0.29, 0.717) is 0 Å². The first-order valence-electron chi connectivity index (χ1n) is 6.65. The predicted octanol–water partition coefficient (Wildman–Crippen LogP) is 4.54. The molecule has 0 atom stereocenters. The Morgan fingerprint density at radius 3 is 2.75 bits per heavy atom. The smallest absolute Gasteiger partial charge is 0.305 e. The summed E-state index contributed by atoms with van der Waals surface area (Å²) in [4.78, 5) is 14.2. The standard InChI is InChI=1S/C17H15NOS/c1-2-13(14-6-4-3-5-7-14)10-12-8-9-15-16(11-12)20-17(19)18-15/h3-11H,2H2,1H3,(H,18,19)/b13-10+. The Bertz CT molecular complexity index is 812. The van der Waals surface area contributed by atoms with Gasteiger partial charge in [0.05, 0.1) is 10.2 Å². The van der Waals surface area contributed by atoms with Crippen LogP contribution in [0.3, 0.4) is 0 Å². The first-order valence-corrected chi connectivity index (χ1v) is 7.47. The van der Waals surface area contributed by atoms with Gasteiger partial charge in [0.1, 0.15) is 0 Å². The molecule has 100 valence electrons. The minimum Gasteiger partial charge on any atom is -0.312 e. The summed E-state index contributed by atoms with van der Waals surface area (Å²) in [6.45, 7) is 2.16. The van der Waals surface area contributed by atoms with Crippen molar-refractivity contribution in [3.8, 4) is 0 Å². The number of aromatic nitrogens is 1. The Morgan fingerprint density at radius 1 is 1.20 bits per heavy atom. The van der Waals surface area contributed by atoms with Gasteiger partial charge in [0.15, 0.2) is 0 Å². The van der Waals surface area contributed by atoms with Gasteiger partial charge in [0.25, 0.3) is 0 Å². The fourth-order valence-electron chi connectivity index (χ4n) is 2.29. The van der Waals surface area contributed by atoms with E-state index in [1.54, 1.807) is 0 Å². The molecule has 1 heterocycles. The van der Waals surface area contributed by atoms with Crippen LogP contribution in [-0.4, -0.2) is 4.98 Å². The molecule has 0 fully saturated rings. The molecule has 0 aliphatic rings. The lowest BCUT2D eigenvalue weighted by Gasteiger charge is -2.05. The van der Waals surface area contributed by atoms with Crippen molar-refractivity contribution in [2.24, 2.45) is 0 Å². The van der Waals surface area contributed by atoms with E-state index in [4.69, 9.17) is 0 Å². The van der Waals surface area contributed by atoms with Crippen molar-refractivity contribution in [1.82, 2.24) is 4.98 Å². The molecule has 3 rings (SSSR count). The third-order valence-corrected chi connectivity index (χ3v) is 4.16. The largest absolute Gasteiger partial charge is 0.312 e. The molecule has 20 heavy (non-hydrogen) atoms. The average Bonchev–Trinajstić information content (AvgIpc) is 2.85. The SMILES string of the molecule is CC/C(=C\c1ccc2[nH]c(=O)sc2c1)c1ccccc1. The van der Waals surface area contributed by atoms with E-state index in [-0.39, 0.29) is 4.87 Å². The maximum absolute atomic E-state index is 11.3. The Morgan fingerprint density at radius 2 is 2.00 bits per heavy atom. The van der Waals surface area contributed by atoms with E-state index >= 15 is 0 Å². The van der Waals surface area contributed by atoms with Crippen LogP contribution in [-0.2, 0) is 0 Å². The van der Waals surface area contributed by atoms with Gasteiger partial charge in [-0.3, -0.25) is 4.79 Å². The molecule has 0 unspecified atom stereocenters. The van der Waals surface area contributed by atoms with Gasteiger partial charge in [-0.25, -0.2) is 0 Å². The van der Waals surface area contributed by atoms with Gasteiger partial charge in [-0.05, 0) is 35.3 Å². The second-order valence-electron chi connectivity index (χ2n) is 4.66. The quantitative estimate of drug-likeness (QED) is 0.702. The number of benzene rings is 2. The van der Waals surface area contributed by atoms with Crippen LogP contribution in [0.1, 0.15) is 24.5 Å². The van der Waals surface area contributed by atoms with Crippen molar-refractivity contribution >= 4 is 33.2 Å². The molecule has 0 bridgehead atoms. The third-order valence-electron chi connectivity index (χ3n) is 3.31. The molecule has 1 aromatic heterocycles. The lowest BCUT2D eigenvalue weighted by Crippen LogP contribution is -1.89. The lowest BCUT2D eigenvalue weighted by atomic mass is 10.0. The minimum absolute atomic E-state index is 0.0000889. The first-order chi connectivity index (χ1) is 9.76. The summed E-state index contributed by atoms with van der Waals surface area (Å²) in [5.41, 5.74) is 4.59. The number of rotatable bonds is 3. The third kappa shape index (κ3) is 2.58. The summed E-state index contributed by atoms with van der Waals surface area (Å²) in [6.07, 6.45) is 3.17. The fraction of sp³-hybridized carbons (Fsp3) is 0.118. The first kappa shape index (κ1) is 12.9. The average molecular weight is 281 g/mol. The molecule has 3 heteroatoms.